The molecule has 0 N–H and O–H groups in total. The Morgan fingerprint density at radius 3 is 2.10 bits per heavy atom. The summed E-state index contributed by atoms with van der Waals surface area (Å²) in [5, 5.41) is 6.32. The predicted octanol–water partition coefficient (Wildman–Crippen LogP) is 12.5. The number of aromatic nitrogens is 3. The van der Waals surface area contributed by atoms with Crippen LogP contribution in [0.15, 0.2) is 132 Å². The molecule has 0 fully saturated rings. The SMILES string of the molecule is CC(C)Cc1cc2[n+](cc1[Si](C)(C)C)C1(c3ccccc3-2)c2ccc3c(oc4ccccc43)c2-c2n1c1ccc3ccccc3c1[n+]2-c1c(C(C)C)cccc1C(C)C. The van der Waals surface area contributed by atoms with Crippen molar-refractivity contribution in [2.24, 2.45) is 5.92 Å². The van der Waals surface area contributed by atoms with Crippen molar-refractivity contribution in [1.82, 2.24) is 4.57 Å². The minimum Gasteiger partial charge on any atom is -0.455 e. The van der Waals surface area contributed by atoms with E-state index in [2.05, 4.69) is 202 Å². The van der Waals surface area contributed by atoms with Crippen LogP contribution < -0.4 is 14.3 Å². The summed E-state index contributed by atoms with van der Waals surface area (Å²) < 4.78 is 15.3. The molecule has 0 saturated carbocycles. The molecule has 6 aromatic carbocycles. The largest absolute Gasteiger partial charge is 0.455 e. The molecule has 2 aliphatic heterocycles. The minimum absolute atomic E-state index is 0.301. The van der Waals surface area contributed by atoms with E-state index in [0.29, 0.717) is 17.8 Å². The Hall–Kier alpha value is -5.78. The third-order valence-electron chi connectivity index (χ3n) is 13.3. The van der Waals surface area contributed by atoms with E-state index in [-0.39, 0.29) is 0 Å². The van der Waals surface area contributed by atoms with Crippen LogP contribution in [0.3, 0.4) is 0 Å². The van der Waals surface area contributed by atoms with Gasteiger partial charge in [0, 0.05) is 38.5 Å². The van der Waals surface area contributed by atoms with Crippen molar-refractivity contribution in [1.29, 1.82) is 0 Å². The molecule has 9 aromatic rings. The fraction of sp³-hybridized carbons (Fsp3) is 0.259. The zero-order valence-corrected chi connectivity index (χ0v) is 36.8. The van der Waals surface area contributed by atoms with Gasteiger partial charge in [-0.3, -0.25) is 0 Å². The van der Waals surface area contributed by atoms with Crippen LogP contribution in [0.4, 0.5) is 0 Å². The van der Waals surface area contributed by atoms with Gasteiger partial charge in [0.15, 0.2) is 22.8 Å². The molecule has 3 aromatic heterocycles. The van der Waals surface area contributed by atoms with Crippen molar-refractivity contribution in [2.75, 3.05) is 0 Å². The summed E-state index contributed by atoms with van der Waals surface area (Å²) in [6.07, 6.45) is 3.66. The summed E-state index contributed by atoms with van der Waals surface area (Å²) in [6, 6.07) is 45.9. The van der Waals surface area contributed by atoms with E-state index >= 15 is 0 Å². The standard InChI is InChI=1S/C54H53N3OSi/c1-32(2)29-36-30-46-42-20-12-14-23-43(42)54(55(46)31-48(36)59(7,8)9)44-27-26-41-40-19-13-15-24-47(40)58-52(41)49(44)53-56(50-37(33(3)4)21-16-22-38(50)34(5)6)51-39-18-11-10-17-35(39)25-28-45(51)57(53)54/h10-28,30-34H,29H2,1-9H3/q+2. The summed E-state index contributed by atoms with van der Waals surface area (Å²) in [5.74, 6) is 2.32. The number of pyridine rings is 1. The first-order valence-electron chi connectivity index (χ1n) is 21.7. The van der Waals surface area contributed by atoms with Gasteiger partial charge >= 0.3 is 11.5 Å². The van der Waals surface area contributed by atoms with Gasteiger partial charge < -0.3 is 4.42 Å². The highest BCUT2D eigenvalue weighted by atomic mass is 28.3. The van der Waals surface area contributed by atoms with E-state index in [9.17, 15) is 0 Å². The summed E-state index contributed by atoms with van der Waals surface area (Å²) in [5.41, 5.74) is 15.4. The quantitative estimate of drug-likeness (QED) is 0.122. The van der Waals surface area contributed by atoms with Gasteiger partial charge in [0.1, 0.15) is 16.8 Å². The number of imidazole rings is 1. The van der Waals surface area contributed by atoms with E-state index in [1.165, 1.54) is 83.1 Å². The molecule has 2 aliphatic rings. The first-order chi connectivity index (χ1) is 28.4. The van der Waals surface area contributed by atoms with E-state index < -0.39 is 13.7 Å². The van der Waals surface area contributed by atoms with Gasteiger partial charge in [0.2, 0.25) is 5.69 Å². The molecule has 0 aliphatic carbocycles. The van der Waals surface area contributed by atoms with Crippen molar-refractivity contribution in [2.45, 2.75) is 85.1 Å². The van der Waals surface area contributed by atoms with E-state index in [1.54, 1.807) is 0 Å². The molecule has 11 rings (SSSR count). The molecule has 1 unspecified atom stereocenters. The van der Waals surface area contributed by atoms with Gasteiger partial charge in [-0.25, -0.2) is 0 Å². The molecule has 0 bridgehead atoms. The number of furan rings is 1. The average Bonchev–Trinajstić information content (AvgIpc) is 3.93. The Morgan fingerprint density at radius 1 is 0.678 bits per heavy atom. The lowest BCUT2D eigenvalue weighted by atomic mass is 9.88. The topological polar surface area (TPSA) is 25.8 Å². The van der Waals surface area contributed by atoms with Crippen LogP contribution in [0.2, 0.25) is 19.6 Å². The fourth-order valence-corrected chi connectivity index (χ4v) is 12.6. The third kappa shape index (κ3) is 4.82. The maximum atomic E-state index is 7.17. The molecule has 0 radical (unpaired) electrons. The van der Waals surface area contributed by atoms with Crippen molar-refractivity contribution in [3.63, 3.8) is 0 Å². The Balaban J connectivity index is 1.44. The molecule has 0 amide bonds. The van der Waals surface area contributed by atoms with E-state index in [0.717, 1.165) is 28.4 Å². The second kappa shape index (κ2) is 12.6. The Morgan fingerprint density at radius 2 is 1.37 bits per heavy atom. The number of rotatable bonds is 6. The Kier molecular flexibility index (Phi) is 7.76. The van der Waals surface area contributed by atoms with Gasteiger partial charge in [-0.2, -0.15) is 4.57 Å². The molecule has 1 atom stereocenters. The normalized spacial score (nSPS) is 15.8. The maximum absolute atomic E-state index is 7.17. The smallest absolute Gasteiger partial charge is 0.364 e. The molecule has 4 nitrogen and oxygen atoms in total. The molecule has 5 heteroatoms. The number of hydrogen-bond acceptors (Lipinski definition) is 1. The van der Waals surface area contributed by atoms with Crippen LogP contribution >= 0.6 is 0 Å². The summed E-state index contributed by atoms with van der Waals surface area (Å²) in [6.45, 7) is 21.6. The first kappa shape index (κ1) is 36.3. The zero-order chi connectivity index (χ0) is 40.7. The van der Waals surface area contributed by atoms with E-state index in [4.69, 9.17) is 4.42 Å². The first-order valence-corrected chi connectivity index (χ1v) is 25.2. The predicted molar refractivity (Wildman–Crippen MR) is 247 cm³/mol. The van der Waals surface area contributed by atoms with Crippen molar-refractivity contribution < 1.29 is 13.6 Å². The second-order valence-electron chi connectivity index (χ2n) is 19.2. The number of hydrogen-bond donors (Lipinski definition) is 0. The highest BCUT2D eigenvalue weighted by molar-refractivity contribution is 6.89. The number of para-hydroxylation sites is 2. The lowest BCUT2D eigenvalue weighted by molar-refractivity contribution is -0.733. The summed E-state index contributed by atoms with van der Waals surface area (Å²) in [4.78, 5) is 0. The molecule has 59 heavy (non-hydrogen) atoms. The summed E-state index contributed by atoms with van der Waals surface area (Å²) >= 11 is 0. The van der Waals surface area contributed by atoms with Crippen molar-refractivity contribution in [3.05, 3.63) is 155 Å². The van der Waals surface area contributed by atoms with E-state index in [1.807, 2.05) is 0 Å². The van der Waals surface area contributed by atoms with Crippen LogP contribution in [0.1, 0.15) is 81.2 Å². The highest BCUT2D eigenvalue weighted by Gasteiger charge is 2.67. The maximum Gasteiger partial charge on any atom is 0.364 e. The third-order valence-corrected chi connectivity index (χ3v) is 15.4. The van der Waals surface area contributed by atoms with Gasteiger partial charge in [-0.15, -0.1) is 9.13 Å². The van der Waals surface area contributed by atoms with Crippen LogP contribution in [0, 0.1) is 5.92 Å². The molecular formula is C54H53N3OSi+2. The molecule has 5 heterocycles. The van der Waals surface area contributed by atoms with Crippen LogP contribution in [0.5, 0.6) is 0 Å². The van der Waals surface area contributed by atoms with Gasteiger partial charge in [-0.05, 0) is 83.7 Å². The molecule has 1 spiro atoms. The number of fused-ring (bicyclic) bond motifs is 18. The van der Waals surface area contributed by atoms with Crippen LogP contribution in [-0.4, -0.2) is 12.6 Å². The van der Waals surface area contributed by atoms with Crippen molar-refractivity contribution in [3.8, 4) is 28.3 Å². The van der Waals surface area contributed by atoms with Gasteiger partial charge in [-0.1, -0.05) is 128 Å². The number of benzene rings is 6. The minimum atomic E-state index is -1.84. The molecule has 0 saturated heterocycles. The summed E-state index contributed by atoms with van der Waals surface area (Å²) in [7, 11) is -1.84. The molecule has 292 valence electrons. The lowest BCUT2D eigenvalue weighted by Crippen LogP contribution is -2.61. The molecular weight excluding hydrogens is 735 g/mol. The lowest BCUT2D eigenvalue weighted by Gasteiger charge is -2.24. The highest BCUT2D eigenvalue weighted by Crippen LogP contribution is 2.56. The van der Waals surface area contributed by atoms with Crippen LogP contribution in [0.25, 0.3) is 72.1 Å². The van der Waals surface area contributed by atoms with Gasteiger partial charge in [0.05, 0.1) is 24.8 Å². The van der Waals surface area contributed by atoms with Crippen molar-refractivity contribution >= 4 is 57.0 Å². The fourth-order valence-electron chi connectivity index (χ4n) is 10.9. The van der Waals surface area contributed by atoms with Crippen LogP contribution in [-0.2, 0) is 12.1 Å². The Bertz CT molecular complexity index is 3200. The van der Waals surface area contributed by atoms with Gasteiger partial charge in [0.25, 0.3) is 0 Å². The Labute approximate surface area is 348 Å². The number of nitrogens with zero attached hydrogens (tertiary/aromatic N) is 3. The average molecular weight is 788 g/mol. The zero-order valence-electron chi connectivity index (χ0n) is 35.8. The monoisotopic (exact) mass is 787 g/mol. The second-order valence-corrected chi connectivity index (χ2v) is 24.3.